The molecule has 100 valence electrons. The Hall–Kier alpha value is -1.03. The first-order chi connectivity index (χ1) is 8.29. The van der Waals surface area contributed by atoms with Gasteiger partial charge in [-0.1, -0.05) is 32.0 Å². The summed E-state index contributed by atoms with van der Waals surface area (Å²) in [6.07, 6.45) is -4.09. The van der Waals surface area contributed by atoms with Crippen LogP contribution in [0.4, 0.5) is 13.2 Å². The Kier molecular flexibility index (Phi) is 3.41. The minimum Gasteiger partial charge on any atom is -0.291 e. The predicted octanol–water partition coefficient (Wildman–Crippen LogP) is 3.73. The van der Waals surface area contributed by atoms with Gasteiger partial charge in [0, 0.05) is 6.54 Å². The van der Waals surface area contributed by atoms with Gasteiger partial charge in [-0.05, 0) is 36.1 Å². The summed E-state index contributed by atoms with van der Waals surface area (Å²) in [4.78, 5) is 1.40. The van der Waals surface area contributed by atoms with Crippen molar-refractivity contribution >= 4 is 0 Å². The smallest absolute Gasteiger partial charge is 0.291 e. The molecule has 0 saturated carbocycles. The number of likely N-dealkylation sites (N-methyl/N-ethyl adjacent to an activating group) is 1. The summed E-state index contributed by atoms with van der Waals surface area (Å²) in [5, 5.41) is 0. The Bertz CT molecular complexity index is 437. The van der Waals surface area contributed by atoms with Gasteiger partial charge < -0.3 is 0 Å². The normalized spacial score (nSPS) is 21.2. The van der Waals surface area contributed by atoms with E-state index in [1.54, 1.807) is 7.05 Å². The molecular weight excluding hydrogens is 239 g/mol. The van der Waals surface area contributed by atoms with Crippen LogP contribution < -0.4 is 0 Å². The van der Waals surface area contributed by atoms with Gasteiger partial charge in [-0.25, -0.2) is 0 Å². The van der Waals surface area contributed by atoms with Crippen molar-refractivity contribution in [3.05, 3.63) is 34.9 Å². The van der Waals surface area contributed by atoms with E-state index in [2.05, 4.69) is 13.8 Å². The summed E-state index contributed by atoms with van der Waals surface area (Å²) >= 11 is 0. The number of hydrogen-bond acceptors (Lipinski definition) is 1. The van der Waals surface area contributed by atoms with Crippen molar-refractivity contribution < 1.29 is 13.2 Å². The molecule has 1 aromatic rings. The number of nitrogens with zero attached hydrogens (tertiary/aromatic N) is 1. The molecule has 0 spiro atoms. The largest absolute Gasteiger partial charge is 0.404 e. The van der Waals surface area contributed by atoms with Crippen molar-refractivity contribution in [2.45, 2.75) is 44.9 Å². The molecule has 18 heavy (non-hydrogen) atoms. The number of rotatable bonds is 1. The van der Waals surface area contributed by atoms with Crippen molar-refractivity contribution in [1.29, 1.82) is 0 Å². The molecule has 4 heteroatoms. The van der Waals surface area contributed by atoms with Crippen molar-refractivity contribution in [2.75, 3.05) is 7.05 Å². The van der Waals surface area contributed by atoms with Crippen LogP contribution in [-0.2, 0) is 13.0 Å². The Morgan fingerprint density at radius 2 is 1.89 bits per heavy atom. The van der Waals surface area contributed by atoms with E-state index in [9.17, 15) is 13.2 Å². The van der Waals surface area contributed by atoms with Crippen LogP contribution in [-0.4, -0.2) is 24.2 Å². The molecule has 0 fully saturated rings. The quantitative estimate of drug-likeness (QED) is 0.741. The SMILES string of the molecule is CC(C)c1ccc2c(c1)CN(C)C(C(F)(F)F)C2. The lowest BCUT2D eigenvalue weighted by Gasteiger charge is -2.35. The maximum atomic E-state index is 12.9. The number of fused-ring (bicyclic) bond motifs is 1. The molecular formula is C14H18F3N. The van der Waals surface area contributed by atoms with E-state index in [1.165, 1.54) is 10.5 Å². The lowest BCUT2D eigenvalue weighted by atomic mass is 9.90. The molecule has 1 aromatic carbocycles. The van der Waals surface area contributed by atoms with Crippen LogP contribution in [0.2, 0.25) is 0 Å². The highest BCUT2D eigenvalue weighted by Crippen LogP contribution is 2.33. The third kappa shape index (κ3) is 2.53. The zero-order chi connectivity index (χ0) is 13.5. The average molecular weight is 257 g/mol. The fourth-order valence-corrected chi connectivity index (χ4v) is 2.46. The van der Waals surface area contributed by atoms with Crippen LogP contribution in [0.5, 0.6) is 0 Å². The first-order valence-corrected chi connectivity index (χ1v) is 6.17. The summed E-state index contributed by atoms with van der Waals surface area (Å²) in [5.41, 5.74) is 3.05. The van der Waals surface area contributed by atoms with Gasteiger partial charge >= 0.3 is 6.18 Å². The number of halogens is 3. The summed E-state index contributed by atoms with van der Waals surface area (Å²) in [6, 6.07) is 4.50. The lowest BCUT2D eigenvalue weighted by Crippen LogP contribution is -2.47. The second-order valence-corrected chi connectivity index (χ2v) is 5.36. The first kappa shape index (κ1) is 13.4. The topological polar surface area (TPSA) is 3.24 Å². The maximum absolute atomic E-state index is 12.9. The Morgan fingerprint density at radius 3 is 2.44 bits per heavy atom. The summed E-state index contributed by atoms with van der Waals surface area (Å²) in [5.74, 6) is 0.404. The fourth-order valence-electron chi connectivity index (χ4n) is 2.46. The summed E-state index contributed by atoms with van der Waals surface area (Å²) in [7, 11) is 1.54. The molecule has 0 aliphatic carbocycles. The van der Waals surface area contributed by atoms with Crippen LogP contribution >= 0.6 is 0 Å². The lowest BCUT2D eigenvalue weighted by molar-refractivity contribution is -0.183. The first-order valence-electron chi connectivity index (χ1n) is 6.17. The van der Waals surface area contributed by atoms with Gasteiger partial charge in [-0.2, -0.15) is 13.2 Å². The third-order valence-electron chi connectivity index (χ3n) is 3.64. The van der Waals surface area contributed by atoms with Crippen LogP contribution in [0.15, 0.2) is 18.2 Å². The van der Waals surface area contributed by atoms with Gasteiger partial charge in [-0.3, -0.25) is 4.90 Å². The van der Waals surface area contributed by atoms with E-state index in [4.69, 9.17) is 0 Å². The monoisotopic (exact) mass is 257 g/mol. The van der Waals surface area contributed by atoms with Gasteiger partial charge in [0.25, 0.3) is 0 Å². The highest BCUT2D eigenvalue weighted by Gasteiger charge is 2.44. The standard InChI is InChI=1S/C14H18F3N/c1-9(2)10-4-5-11-7-13(14(15,16)17)18(3)8-12(11)6-10/h4-6,9,13H,7-8H2,1-3H3. The molecule has 0 amide bonds. The Balaban J connectivity index is 2.31. The Morgan fingerprint density at radius 1 is 1.22 bits per heavy atom. The highest BCUT2D eigenvalue weighted by molar-refractivity contribution is 5.36. The van der Waals surface area contributed by atoms with Crippen molar-refractivity contribution in [3.63, 3.8) is 0 Å². The van der Waals surface area contributed by atoms with Gasteiger partial charge in [0.15, 0.2) is 0 Å². The molecule has 2 rings (SSSR count). The maximum Gasteiger partial charge on any atom is 0.404 e. The van der Waals surface area contributed by atoms with E-state index >= 15 is 0 Å². The molecule has 1 aliphatic rings. The van der Waals surface area contributed by atoms with Crippen LogP contribution in [0.1, 0.15) is 36.5 Å². The molecule has 1 heterocycles. The third-order valence-corrected chi connectivity index (χ3v) is 3.64. The number of hydrogen-bond donors (Lipinski definition) is 0. The molecule has 0 aromatic heterocycles. The van der Waals surface area contributed by atoms with E-state index in [-0.39, 0.29) is 6.42 Å². The molecule has 0 saturated heterocycles. The zero-order valence-electron chi connectivity index (χ0n) is 10.9. The highest BCUT2D eigenvalue weighted by atomic mass is 19.4. The minimum absolute atomic E-state index is 0.0632. The average Bonchev–Trinajstić information content (AvgIpc) is 2.25. The van der Waals surface area contributed by atoms with Gasteiger partial charge in [0.2, 0.25) is 0 Å². The molecule has 0 N–H and O–H groups in total. The number of benzene rings is 1. The zero-order valence-corrected chi connectivity index (χ0v) is 10.9. The van der Waals surface area contributed by atoms with Crippen molar-refractivity contribution in [1.82, 2.24) is 4.90 Å². The predicted molar refractivity (Wildman–Crippen MR) is 65.5 cm³/mol. The summed E-state index contributed by atoms with van der Waals surface area (Å²) in [6.45, 7) is 4.56. The van der Waals surface area contributed by atoms with Gasteiger partial charge in [0.1, 0.15) is 6.04 Å². The van der Waals surface area contributed by atoms with E-state index < -0.39 is 12.2 Å². The van der Waals surface area contributed by atoms with Crippen molar-refractivity contribution in [2.24, 2.45) is 0 Å². The fraction of sp³-hybridized carbons (Fsp3) is 0.571. The second-order valence-electron chi connectivity index (χ2n) is 5.36. The van der Waals surface area contributed by atoms with E-state index in [0.717, 1.165) is 11.1 Å². The van der Waals surface area contributed by atoms with E-state index in [1.807, 2.05) is 18.2 Å². The second kappa shape index (κ2) is 4.57. The Labute approximate surface area is 106 Å². The van der Waals surface area contributed by atoms with Gasteiger partial charge in [0.05, 0.1) is 0 Å². The van der Waals surface area contributed by atoms with E-state index in [0.29, 0.717) is 12.5 Å². The summed E-state index contributed by atoms with van der Waals surface area (Å²) < 4.78 is 38.6. The van der Waals surface area contributed by atoms with Crippen LogP contribution in [0.25, 0.3) is 0 Å². The van der Waals surface area contributed by atoms with Crippen LogP contribution in [0.3, 0.4) is 0 Å². The molecule has 0 radical (unpaired) electrons. The molecule has 1 aliphatic heterocycles. The molecule has 1 nitrogen and oxygen atoms in total. The minimum atomic E-state index is -4.15. The number of alkyl halides is 3. The van der Waals surface area contributed by atoms with Crippen molar-refractivity contribution in [3.8, 4) is 0 Å². The molecule has 0 bridgehead atoms. The molecule has 1 atom stereocenters. The van der Waals surface area contributed by atoms with Crippen LogP contribution in [0, 0.1) is 0 Å². The molecule has 1 unspecified atom stereocenters. The van der Waals surface area contributed by atoms with Gasteiger partial charge in [-0.15, -0.1) is 0 Å².